The van der Waals surface area contributed by atoms with Crippen molar-refractivity contribution in [2.75, 3.05) is 11.9 Å². The Hall–Kier alpha value is -2.37. The van der Waals surface area contributed by atoms with E-state index >= 15 is 0 Å². The summed E-state index contributed by atoms with van der Waals surface area (Å²) in [5, 5.41) is 2.62. The van der Waals surface area contributed by atoms with Crippen molar-refractivity contribution in [2.45, 2.75) is 53.1 Å². The Morgan fingerprint density at radius 2 is 1.81 bits per heavy atom. The number of benzene rings is 1. The Morgan fingerprint density at radius 3 is 2.41 bits per heavy atom. The third-order valence-electron chi connectivity index (χ3n) is 5.01. The maximum atomic E-state index is 12.2. The minimum atomic E-state index is -0.598. The number of rotatable bonds is 6. The molecule has 1 aromatic carbocycles. The lowest BCUT2D eigenvalue weighted by molar-refractivity contribution is -0.159. The van der Waals surface area contributed by atoms with Crippen LogP contribution in [-0.4, -0.2) is 30.6 Å². The molecule has 2 rings (SSSR count). The van der Waals surface area contributed by atoms with Gasteiger partial charge in [0.1, 0.15) is 6.10 Å². The Morgan fingerprint density at radius 1 is 1.15 bits per heavy atom. The fourth-order valence-electron chi connectivity index (χ4n) is 3.55. The van der Waals surface area contributed by atoms with Gasteiger partial charge in [-0.1, -0.05) is 27.2 Å². The molecule has 1 saturated carbocycles. The standard InChI is InChI=1S/C21H29NO5/c1-13(2)18-10-5-14(3)11-19(18)27-20(24)12-26-21(25)16-6-8-17(9-7-16)22-15(4)23/h6-9,13-14,18-19H,5,10-12H2,1-4H3,(H,22,23). The zero-order valence-electron chi connectivity index (χ0n) is 16.5. The third-order valence-corrected chi connectivity index (χ3v) is 5.01. The van der Waals surface area contributed by atoms with E-state index in [2.05, 4.69) is 26.1 Å². The molecular formula is C21H29NO5. The normalized spacial score (nSPS) is 22.2. The number of carbonyl (C=O) groups excluding carboxylic acids is 3. The second kappa shape index (κ2) is 9.53. The molecule has 1 N–H and O–H groups in total. The van der Waals surface area contributed by atoms with Gasteiger partial charge >= 0.3 is 11.9 Å². The van der Waals surface area contributed by atoms with Gasteiger partial charge in [-0.2, -0.15) is 0 Å². The highest BCUT2D eigenvalue weighted by atomic mass is 16.6. The molecule has 0 heterocycles. The highest BCUT2D eigenvalue weighted by Crippen LogP contribution is 2.35. The van der Waals surface area contributed by atoms with Crippen LogP contribution in [0.1, 0.15) is 57.3 Å². The van der Waals surface area contributed by atoms with Crippen molar-refractivity contribution in [3.05, 3.63) is 29.8 Å². The molecule has 0 aliphatic heterocycles. The predicted octanol–water partition coefficient (Wildman–Crippen LogP) is 3.81. The van der Waals surface area contributed by atoms with E-state index in [0.29, 0.717) is 29.0 Å². The van der Waals surface area contributed by atoms with E-state index in [0.717, 1.165) is 19.3 Å². The van der Waals surface area contributed by atoms with Gasteiger partial charge in [0, 0.05) is 12.6 Å². The van der Waals surface area contributed by atoms with Gasteiger partial charge < -0.3 is 14.8 Å². The average molecular weight is 375 g/mol. The molecule has 0 saturated heterocycles. The second-order valence-electron chi connectivity index (χ2n) is 7.69. The van der Waals surface area contributed by atoms with E-state index in [4.69, 9.17) is 9.47 Å². The first-order valence-corrected chi connectivity index (χ1v) is 9.50. The summed E-state index contributed by atoms with van der Waals surface area (Å²) < 4.78 is 10.7. The highest BCUT2D eigenvalue weighted by Gasteiger charge is 2.33. The average Bonchev–Trinajstić information content (AvgIpc) is 2.59. The minimum absolute atomic E-state index is 0.114. The van der Waals surface area contributed by atoms with Gasteiger partial charge in [0.05, 0.1) is 5.56 Å². The first-order chi connectivity index (χ1) is 12.8. The zero-order chi connectivity index (χ0) is 20.0. The van der Waals surface area contributed by atoms with E-state index in [1.165, 1.54) is 19.1 Å². The molecule has 0 radical (unpaired) electrons. The first kappa shape index (κ1) is 20.9. The molecule has 1 aliphatic rings. The predicted molar refractivity (Wildman–Crippen MR) is 102 cm³/mol. The number of hydrogen-bond donors (Lipinski definition) is 1. The van der Waals surface area contributed by atoms with Crippen LogP contribution in [0, 0.1) is 17.8 Å². The van der Waals surface area contributed by atoms with Crippen molar-refractivity contribution in [1.29, 1.82) is 0 Å². The van der Waals surface area contributed by atoms with E-state index < -0.39 is 18.5 Å². The zero-order valence-corrected chi connectivity index (χ0v) is 16.5. The van der Waals surface area contributed by atoms with Crippen LogP contribution in [0.3, 0.4) is 0 Å². The fraction of sp³-hybridized carbons (Fsp3) is 0.571. The van der Waals surface area contributed by atoms with Crippen LogP contribution in [0.25, 0.3) is 0 Å². The summed E-state index contributed by atoms with van der Waals surface area (Å²) >= 11 is 0. The lowest BCUT2D eigenvalue weighted by Crippen LogP contribution is -2.36. The van der Waals surface area contributed by atoms with Crippen LogP contribution in [0.4, 0.5) is 5.69 Å². The SMILES string of the molecule is CC(=O)Nc1ccc(C(=O)OCC(=O)OC2CC(C)CCC2C(C)C)cc1. The van der Waals surface area contributed by atoms with E-state index in [1.54, 1.807) is 12.1 Å². The van der Waals surface area contributed by atoms with E-state index in [1.807, 2.05) is 0 Å². The molecule has 27 heavy (non-hydrogen) atoms. The highest BCUT2D eigenvalue weighted by molar-refractivity contribution is 5.92. The Kier molecular flexibility index (Phi) is 7.39. The van der Waals surface area contributed by atoms with Crippen molar-refractivity contribution in [3.63, 3.8) is 0 Å². The summed E-state index contributed by atoms with van der Waals surface area (Å²) in [6.07, 6.45) is 2.95. The molecular weight excluding hydrogens is 346 g/mol. The number of amides is 1. The van der Waals surface area contributed by atoms with Gasteiger partial charge in [0.25, 0.3) is 0 Å². The summed E-state index contributed by atoms with van der Waals surface area (Å²) in [4.78, 5) is 35.2. The Balaban J connectivity index is 1.85. The molecule has 1 fully saturated rings. The molecule has 1 amide bonds. The number of nitrogens with one attached hydrogen (secondary N) is 1. The van der Waals surface area contributed by atoms with Gasteiger partial charge in [0.15, 0.2) is 6.61 Å². The smallest absolute Gasteiger partial charge is 0.344 e. The van der Waals surface area contributed by atoms with E-state index in [9.17, 15) is 14.4 Å². The van der Waals surface area contributed by atoms with Gasteiger partial charge in [-0.25, -0.2) is 9.59 Å². The number of ether oxygens (including phenoxy) is 2. The number of hydrogen-bond acceptors (Lipinski definition) is 5. The lowest BCUT2D eigenvalue weighted by Gasteiger charge is -2.36. The van der Waals surface area contributed by atoms with Crippen LogP contribution in [0.15, 0.2) is 24.3 Å². The number of anilines is 1. The van der Waals surface area contributed by atoms with Gasteiger partial charge in [-0.15, -0.1) is 0 Å². The van der Waals surface area contributed by atoms with Gasteiger partial charge in [-0.05, 0) is 54.9 Å². The molecule has 148 valence electrons. The summed E-state index contributed by atoms with van der Waals surface area (Å²) in [5.74, 6) is 0.0242. The van der Waals surface area contributed by atoms with Crippen LogP contribution >= 0.6 is 0 Å². The molecule has 1 aliphatic carbocycles. The quantitative estimate of drug-likeness (QED) is 0.765. The molecule has 3 atom stereocenters. The molecule has 6 heteroatoms. The minimum Gasteiger partial charge on any atom is -0.460 e. The van der Waals surface area contributed by atoms with Gasteiger partial charge in [-0.3, -0.25) is 4.79 Å². The summed E-state index contributed by atoms with van der Waals surface area (Å²) in [7, 11) is 0. The monoisotopic (exact) mass is 375 g/mol. The van der Waals surface area contributed by atoms with Crippen LogP contribution in [0.5, 0.6) is 0 Å². The maximum Gasteiger partial charge on any atom is 0.344 e. The molecule has 0 aromatic heterocycles. The fourth-order valence-corrected chi connectivity index (χ4v) is 3.55. The van der Waals surface area contributed by atoms with Crippen molar-refractivity contribution >= 4 is 23.5 Å². The van der Waals surface area contributed by atoms with Gasteiger partial charge in [0.2, 0.25) is 5.91 Å². The molecule has 6 nitrogen and oxygen atoms in total. The van der Waals surface area contributed by atoms with Crippen molar-refractivity contribution in [3.8, 4) is 0 Å². The number of esters is 2. The maximum absolute atomic E-state index is 12.2. The van der Waals surface area contributed by atoms with Crippen molar-refractivity contribution < 1.29 is 23.9 Å². The Labute approximate surface area is 160 Å². The lowest BCUT2D eigenvalue weighted by atomic mass is 9.75. The molecule has 0 spiro atoms. The summed E-state index contributed by atoms with van der Waals surface area (Å²) in [6.45, 7) is 7.47. The molecule has 1 aromatic rings. The molecule has 0 bridgehead atoms. The van der Waals surface area contributed by atoms with E-state index in [-0.39, 0.29) is 12.0 Å². The third kappa shape index (κ3) is 6.38. The second-order valence-corrected chi connectivity index (χ2v) is 7.69. The topological polar surface area (TPSA) is 81.7 Å². The van der Waals surface area contributed by atoms with Crippen LogP contribution in [0.2, 0.25) is 0 Å². The van der Waals surface area contributed by atoms with Crippen LogP contribution in [-0.2, 0) is 19.1 Å². The largest absolute Gasteiger partial charge is 0.460 e. The van der Waals surface area contributed by atoms with Crippen molar-refractivity contribution in [1.82, 2.24) is 0 Å². The van der Waals surface area contributed by atoms with Crippen LogP contribution < -0.4 is 5.32 Å². The first-order valence-electron chi connectivity index (χ1n) is 9.50. The molecule has 3 unspecified atom stereocenters. The summed E-state index contributed by atoms with van der Waals surface area (Å²) in [6, 6.07) is 6.28. The summed E-state index contributed by atoms with van der Waals surface area (Å²) in [5.41, 5.74) is 0.896. The number of carbonyl (C=O) groups is 3. The Bertz CT molecular complexity index is 668. The van der Waals surface area contributed by atoms with Crippen molar-refractivity contribution in [2.24, 2.45) is 17.8 Å².